The molecule has 1 aromatic rings. The smallest absolute Gasteiger partial charge is 0.279 e. The molecule has 1 N–H and O–H groups in total. The van der Waals surface area contributed by atoms with Crippen LogP contribution in [0.3, 0.4) is 0 Å². The first-order valence-corrected chi connectivity index (χ1v) is 4.83. The Hall–Kier alpha value is -1.70. The Morgan fingerprint density at radius 2 is 1.42 bits per heavy atom. The molecule has 0 aliphatic heterocycles. The van der Waals surface area contributed by atoms with Crippen LogP contribution < -0.4 is 5.48 Å². The zero-order valence-corrected chi connectivity index (χ0v) is 9.62. The van der Waals surface area contributed by atoms with Crippen LogP contribution in [0.15, 0.2) is 24.8 Å². The van der Waals surface area contributed by atoms with Gasteiger partial charge in [-0.3, -0.25) is 10.3 Å². The second-order valence-electron chi connectivity index (χ2n) is 3.58. The highest BCUT2D eigenvalue weighted by Crippen LogP contribution is 2.37. The van der Waals surface area contributed by atoms with Crippen LogP contribution in [0.4, 0.5) is 26.3 Å². The van der Waals surface area contributed by atoms with Crippen molar-refractivity contribution < 1.29 is 31.2 Å². The van der Waals surface area contributed by atoms with E-state index in [2.05, 4.69) is 16.9 Å². The Labute approximate surface area is 104 Å². The van der Waals surface area contributed by atoms with Gasteiger partial charge in [0.2, 0.25) is 0 Å². The van der Waals surface area contributed by atoms with Crippen molar-refractivity contribution in [2.45, 2.75) is 12.4 Å². The molecule has 0 bridgehead atoms. The number of halogens is 6. The Morgan fingerprint density at radius 3 is 1.74 bits per heavy atom. The predicted molar refractivity (Wildman–Crippen MR) is 55.6 cm³/mol. The van der Waals surface area contributed by atoms with Gasteiger partial charge in [0.1, 0.15) is 0 Å². The molecule has 8 heteroatoms. The van der Waals surface area contributed by atoms with Crippen molar-refractivity contribution in [2.24, 2.45) is 0 Å². The van der Waals surface area contributed by atoms with Gasteiger partial charge in [0.25, 0.3) is 0 Å². The molecule has 0 fully saturated rings. The summed E-state index contributed by atoms with van der Waals surface area (Å²) >= 11 is 0. The van der Waals surface area contributed by atoms with Crippen LogP contribution in [-0.4, -0.2) is 7.11 Å². The number of hydrogen-bond donors (Lipinski definition) is 1. The molecular formula is C11H9F6NO. The Balaban J connectivity index is 3.37. The van der Waals surface area contributed by atoms with Crippen LogP contribution in [0.1, 0.15) is 16.7 Å². The third-order valence-electron chi connectivity index (χ3n) is 2.16. The fourth-order valence-electron chi connectivity index (χ4n) is 1.31. The van der Waals surface area contributed by atoms with Gasteiger partial charge in [-0.25, -0.2) is 0 Å². The van der Waals surface area contributed by atoms with Gasteiger partial charge in [-0.15, -0.1) is 0 Å². The van der Waals surface area contributed by atoms with Gasteiger partial charge in [-0.05, 0) is 18.2 Å². The second kappa shape index (κ2) is 5.12. The Morgan fingerprint density at radius 1 is 1.00 bits per heavy atom. The minimum Gasteiger partial charge on any atom is -0.279 e. The molecule has 0 unspecified atom stereocenters. The van der Waals surface area contributed by atoms with Crippen molar-refractivity contribution in [3.63, 3.8) is 0 Å². The first-order valence-electron chi connectivity index (χ1n) is 4.83. The summed E-state index contributed by atoms with van der Waals surface area (Å²) in [4.78, 5) is 4.40. The molecule has 0 aliphatic carbocycles. The first kappa shape index (κ1) is 15.4. The average Bonchev–Trinajstić information content (AvgIpc) is 2.26. The highest BCUT2D eigenvalue weighted by atomic mass is 19.4. The zero-order chi connectivity index (χ0) is 14.8. The van der Waals surface area contributed by atoms with Gasteiger partial charge in [0.15, 0.2) is 0 Å². The molecule has 2 nitrogen and oxygen atoms in total. The maximum atomic E-state index is 12.5. The fourth-order valence-corrected chi connectivity index (χ4v) is 1.31. The first-order chi connectivity index (χ1) is 8.55. The van der Waals surface area contributed by atoms with Crippen molar-refractivity contribution in [1.82, 2.24) is 5.48 Å². The SMILES string of the molecule is C=C(NOC)c1cc(C(F)(F)F)cc(C(F)(F)F)c1. The highest BCUT2D eigenvalue weighted by molar-refractivity contribution is 5.62. The molecule has 0 radical (unpaired) electrons. The summed E-state index contributed by atoms with van der Waals surface area (Å²) in [5.41, 5.74) is -1.29. The van der Waals surface area contributed by atoms with Crippen molar-refractivity contribution in [3.8, 4) is 0 Å². The summed E-state index contributed by atoms with van der Waals surface area (Å²) in [5, 5.41) is 0. The predicted octanol–water partition coefficient (Wildman–Crippen LogP) is 3.85. The van der Waals surface area contributed by atoms with Gasteiger partial charge in [0, 0.05) is 5.56 Å². The van der Waals surface area contributed by atoms with Crippen LogP contribution in [0.5, 0.6) is 0 Å². The number of hydrogen-bond acceptors (Lipinski definition) is 2. The van der Waals surface area contributed by atoms with Gasteiger partial charge >= 0.3 is 12.4 Å². The van der Waals surface area contributed by atoms with Crippen molar-refractivity contribution >= 4 is 5.70 Å². The fraction of sp³-hybridized carbons (Fsp3) is 0.273. The summed E-state index contributed by atoms with van der Waals surface area (Å²) in [6.45, 7) is 3.29. The van der Waals surface area contributed by atoms with Crippen LogP contribution in [-0.2, 0) is 17.2 Å². The number of alkyl halides is 6. The number of hydroxylamine groups is 1. The van der Waals surface area contributed by atoms with Gasteiger partial charge < -0.3 is 0 Å². The average molecular weight is 285 g/mol. The van der Waals surface area contributed by atoms with Crippen LogP contribution in [0.25, 0.3) is 5.70 Å². The molecule has 106 valence electrons. The summed E-state index contributed by atoms with van der Waals surface area (Å²) < 4.78 is 75.2. The molecule has 0 atom stereocenters. The van der Waals surface area contributed by atoms with Crippen molar-refractivity contribution in [2.75, 3.05) is 7.11 Å². The van der Waals surface area contributed by atoms with E-state index in [0.717, 1.165) is 7.11 Å². The molecule has 1 aromatic carbocycles. The quantitative estimate of drug-likeness (QED) is 0.673. The third kappa shape index (κ3) is 3.88. The van der Waals surface area contributed by atoms with Gasteiger partial charge in [0.05, 0.1) is 23.9 Å². The van der Waals surface area contributed by atoms with Crippen molar-refractivity contribution in [1.29, 1.82) is 0 Å². The lowest BCUT2D eigenvalue weighted by Gasteiger charge is -2.15. The summed E-state index contributed by atoms with van der Waals surface area (Å²) in [5.74, 6) is 0. The maximum absolute atomic E-state index is 12.5. The molecule has 0 aromatic heterocycles. The lowest BCUT2D eigenvalue weighted by Crippen LogP contribution is -2.14. The molecule has 1 rings (SSSR count). The molecule has 0 spiro atoms. The van der Waals surface area contributed by atoms with E-state index in [4.69, 9.17) is 0 Å². The second-order valence-corrected chi connectivity index (χ2v) is 3.58. The van der Waals surface area contributed by atoms with Crippen LogP contribution >= 0.6 is 0 Å². The lowest BCUT2D eigenvalue weighted by atomic mass is 10.0. The standard InChI is InChI=1S/C11H9F6NO/c1-6(18-19-2)7-3-8(10(12,13)14)5-9(4-7)11(15,16)17/h3-5,18H,1H2,2H3. The summed E-state index contributed by atoms with van der Waals surface area (Å²) in [7, 11) is 1.16. The van der Waals surface area contributed by atoms with E-state index in [1.807, 2.05) is 0 Å². The van der Waals surface area contributed by atoms with E-state index < -0.39 is 23.5 Å². The Bertz CT molecular complexity index is 445. The van der Waals surface area contributed by atoms with E-state index >= 15 is 0 Å². The summed E-state index contributed by atoms with van der Waals surface area (Å²) in [6, 6.07) is 1.16. The topological polar surface area (TPSA) is 21.3 Å². The van der Waals surface area contributed by atoms with Gasteiger partial charge in [-0.1, -0.05) is 6.58 Å². The molecule has 0 aliphatic rings. The number of benzene rings is 1. The monoisotopic (exact) mass is 285 g/mol. The van der Waals surface area contributed by atoms with Crippen LogP contribution in [0.2, 0.25) is 0 Å². The molecular weight excluding hydrogens is 276 g/mol. The zero-order valence-electron chi connectivity index (χ0n) is 9.62. The largest absolute Gasteiger partial charge is 0.416 e. The molecule has 0 saturated carbocycles. The molecule has 0 saturated heterocycles. The van der Waals surface area contributed by atoms with Gasteiger partial charge in [-0.2, -0.15) is 26.3 Å². The van der Waals surface area contributed by atoms with Crippen LogP contribution in [0, 0.1) is 0 Å². The molecule has 0 heterocycles. The number of nitrogens with one attached hydrogen (secondary N) is 1. The molecule has 19 heavy (non-hydrogen) atoms. The minimum atomic E-state index is -4.89. The number of rotatable bonds is 3. The minimum absolute atomic E-state index is 0.0452. The normalized spacial score (nSPS) is 12.4. The molecule has 0 amide bonds. The Kier molecular flexibility index (Phi) is 4.14. The summed E-state index contributed by atoms with van der Waals surface area (Å²) in [6.07, 6.45) is -9.77. The van der Waals surface area contributed by atoms with E-state index in [1.165, 1.54) is 0 Å². The third-order valence-corrected chi connectivity index (χ3v) is 2.16. The highest BCUT2D eigenvalue weighted by Gasteiger charge is 2.37. The van der Waals surface area contributed by atoms with Crippen molar-refractivity contribution in [3.05, 3.63) is 41.5 Å². The maximum Gasteiger partial charge on any atom is 0.416 e. The van der Waals surface area contributed by atoms with E-state index in [9.17, 15) is 26.3 Å². The van der Waals surface area contributed by atoms with E-state index in [0.29, 0.717) is 12.1 Å². The van der Waals surface area contributed by atoms with E-state index in [-0.39, 0.29) is 17.3 Å². The lowest BCUT2D eigenvalue weighted by molar-refractivity contribution is -0.143. The van der Waals surface area contributed by atoms with E-state index in [1.54, 1.807) is 0 Å².